The van der Waals surface area contributed by atoms with E-state index in [4.69, 9.17) is 0 Å². The molecule has 84 valence electrons. The maximum Gasteiger partial charge on any atom is -0.00133 e. The first-order valence-electron chi connectivity index (χ1n) is 6.32. The summed E-state index contributed by atoms with van der Waals surface area (Å²) in [5.41, 5.74) is 6.89. The monoisotopic (exact) mass is 213 g/mol. The third-order valence-electron chi connectivity index (χ3n) is 4.45. The quantitative estimate of drug-likeness (QED) is 0.559. The van der Waals surface area contributed by atoms with Crippen molar-refractivity contribution >= 4 is 0 Å². The summed E-state index contributed by atoms with van der Waals surface area (Å²) in [6.07, 6.45) is 14.0. The zero-order valence-electron chi connectivity index (χ0n) is 10.00. The predicted octanol–water partition coefficient (Wildman–Crippen LogP) is 3.07. The van der Waals surface area contributed by atoms with Gasteiger partial charge in [0, 0.05) is 0 Å². The van der Waals surface area contributed by atoms with Crippen LogP contribution in [-0.4, -0.2) is 25.0 Å². The zero-order valence-corrected chi connectivity index (χ0v) is 10.00. The van der Waals surface area contributed by atoms with E-state index in [1.807, 2.05) is 6.08 Å². The average molecular weight is 213 g/mol. The molecule has 0 aromatic carbocycles. The van der Waals surface area contributed by atoms with Crippen molar-refractivity contribution in [2.75, 3.05) is 20.1 Å². The van der Waals surface area contributed by atoms with Crippen LogP contribution in [-0.2, 0) is 0 Å². The van der Waals surface area contributed by atoms with Gasteiger partial charge >= 0.3 is 0 Å². The lowest BCUT2D eigenvalue weighted by molar-refractivity contribution is 0.157. The molecular formula is C15H19N. The summed E-state index contributed by atoms with van der Waals surface area (Å²) < 4.78 is 0. The molecule has 1 fully saturated rings. The summed E-state index contributed by atoms with van der Waals surface area (Å²) in [6, 6.07) is 0. The minimum atomic E-state index is 0.495. The van der Waals surface area contributed by atoms with Crippen molar-refractivity contribution in [2.24, 2.45) is 5.41 Å². The highest BCUT2D eigenvalue weighted by atomic mass is 15.1. The highest BCUT2D eigenvalue weighted by Crippen LogP contribution is 2.50. The van der Waals surface area contributed by atoms with Crippen LogP contribution in [0.15, 0.2) is 41.2 Å². The Morgan fingerprint density at radius 3 is 2.88 bits per heavy atom. The first-order chi connectivity index (χ1) is 7.80. The second-order valence-corrected chi connectivity index (χ2v) is 5.36. The molecule has 0 amide bonds. The fourth-order valence-corrected chi connectivity index (χ4v) is 3.33. The first-order valence-corrected chi connectivity index (χ1v) is 6.32. The van der Waals surface area contributed by atoms with Gasteiger partial charge in [0.05, 0.1) is 0 Å². The van der Waals surface area contributed by atoms with Crippen LogP contribution in [0.5, 0.6) is 0 Å². The number of hydrogen-bond donors (Lipinski definition) is 0. The molecule has 16 heavy (non-hydrogen) atoms. The van der Waals surface area contributed by atoms with Crippen molar-refractivity contribution in [3.8, 4) is 0 Å². The van der Waals surface area contributed by atoms with Gasteiger partial charge in [-0.05, 0) is 74.5 Å². The Morgan fingerprint density at radius 2 is 2.06 bits per heavy atom. The lowest BCUT2D eigenvalue weighted by Gasteiger charge is -2.39. The number of hydrogen-bond acceptors (Lipinski definition) is 1. The topological polar surface area (TPSA) is 3.24 Å². The lowest BCUT2D eigenvalue weighted by Crippen LogP contribution is -2.37. The third-order valence-corrected chi connectivity index (χ3v) is 4.45. The molecule has 0 bridgehead atoms. The molecule has 0 N–H and O–H groups in total. The molecule has 1 spiro atoms. The molecule has 0 unspecified atom stereocenters. The molecule has 2 aliphatic carbocycles. The first kappa shape index (κ1) is 10.1. The number of rotatable bonds is 0. The Morgan fingerprint density at radius 1 is 1.25 bits per heavy atom. The molecule has 3 rings (SSSR count). The van der Waals surface area contributed by atoms with E-state index >= 15 is 0 Å². The number of nitrogens with zero attached hydrogens (tertiary/aromatic N) is 1. The fraction of sp³-hybridized carbons (Fsp3) is 0.533. The summed E-state index contributed by atoms with van der Waals surface area (Å²) in [4.78, 5) is 2.46. The van der Waals surface area contributed by atoms with E-state index in [2.05, 4.69) is 35.9 Å². The Bertz CT molecular complexity index is 411. The van der Waals surface area contributed by atoms with Crippen LogP contribution in [0.2, 0.25) is 0 Å². The summed E-state index contributed by atoms with van der Waals surface area (Å²) >= 11 is 0. The Hall–Kier alpha value is -1.04. The van der Waals surface area contributed by atoms with Gasteiger partial charge in [-0.2, -0.15) is 0 Å². The summed E-state index contributed by atoms with van der Waals surface area (Å²) in [5.74, 6) is 0. The Kier molecular flexibility index (Phi) is 2.38. The molecular weight excluding hydrogens is 194 g/mol. The van der Waals surface area contributed by atoms with Gasteiger partial charge in [-0.25, -0.2) is 0 Å². The van der Waals surface area contributed by atoms with Crippen molar-refractivity contribution in [1.29, 1.82) is 0 Å². The van der Waals surface area contributed by atoms with Gasteiger partial charge in [-0.1, -0.05) is 12.2 Å². The second kappa shape index (κ2) is 3.76. The van der Waals surface area contributed by atoms with Gasteiger partial charge in [-0.3, -0.25) is 0 Å². The standard InChI is InChI=1S/C15H19N/c1-16-11-9-15(10-12-16)8-7-13-5-3-2-4-6-14(13)15/h2,4-6H,7-12H2,1H3. The van der Waals surface area contributed by atoms with E-state index in [-0.39, 0.29) is 0 Å². The number of fused-ring (bicyclic) bond motifs is 1. The van der Waals surface area contributed by atoms with E-state index in [9.17, 15) is 0 Å². The molecule has 1 heterocycles. The van der Waals surface area contributed by atoms with Crippen molar-refractivity contribution in [2.45, 2.75) is 25.7 Å². The number of allylic oxidation sites excluding steroid dienone is 5. The molecule has 1 nitrogen and oxygen atoms in total. The van der Waals surface area contributed by atoms with Crippen molar-refractivity contribution in [3.63, 3.8) is 0 Å². The van der Waals surface area contributed by atoms with Gasteiger partial charge in [0.1, 0.15) is 0 Å². The largest absolute Gasteiger partial charge is 0.306 e. The van der Waals surface area contributed by atoms with Gasteiger partial charge in [-0.15, -0.1) is 5.73 Å². The number of piperidine rings is 1. The number of likely N-dealkylation sites (tertiary alicyclic amines) is 1. The molecule has 1 heteroatoms. The van der Waals surface area contributed by atoms with Crippen LogP contribution in [0, 0.1) is 5.41 Å². The van der Waals surface area contributed by atoms with E-state index in [0.717, 1.165) is 0 Å². The molecule has 0 radical (unpaired) electrons. The molecule has 3 aliphatic rings. The molecule has 1 aliphatic heterocycles. The molecule has 1 saturated heterocycles. The van der Waals surface area contributed by atoms with Crippen LogP contribution in [0.25, 0.3) is 0 Å². The maximum atomic E-state index is 3.24. The van der Waals surface area contributed by atoms with Gasteiger partial charge in [0.25, 0.3) is 0 Å². The van der Waals surface area contributed by atoms with Crippen LogP contribution < -0.4 is 0 Å². The predicted molar refractivity (Wildman–Crippen MR) is 67.2 cm³/mol. The molecule has 0 saturated carbocycles. The summed E-state index contributed by atoms with van der Waals surface area (Å²) in [6.45, 7) is 2.50. The van der Waals surface area contributed by atoms with Crippen LogP contribution in [0.3, 0.4) is 0 Å². The van der Waals surface area contributed by atoms with E-state index in [0.29, 0.717) is 5.41 Å². The molecule has 0 atom stereocenters. The van der Waals surface area contributed by atoms with Crippen molar-refractivity contribution < 1.29 is 0 Å². The molecule has 0 aromatic rings. The second-order valence-electron chi connectivity index (χ2n) is 5.36. The van der Waals surface area contributed by atoms with Crippen LogP contribution in [0.1, 0.15) is 25.7 Å². The summed E-state index contributed by atoms with van der Waals surface area (Å²) in [7, 11) is 2.24. The SMILES string of the molecule is CN1CCC2(CCC3=C2C=CC=C=C3)CC1. The fourth-order valence-electron chi connectivity index (χ4n) is 3.33. The Labute approximate surface area is 97.8 Å². The van der Waals surface area contributed by atoms with Gasteiger partial charge in [0.15, 0.2) is 0 Å². The molecule has 0 aromatic heterocycles. The van der Waals surface area contributed by atoms with Crippen LogP contribution >= 0.6 is 0 Å². The highest BCUT2D eigenvalue weighted by molar-refractivity contribution is 5.45. The van der Waals surface area contributed by atoms with Crippen LogP contribution in [0.4, 0.5) is 0 Å². The van der Waals surface area contributed by atoms with Crippen molar-refractivity contribution in [3.05, 3.63) is 41.2 Å². The van der Waals surface area contributed by atoms with E-state index in [1.54, 1.807) is 5.57 Å². The highest BCUT2D eigenvalue weighted by Gasteiger charge is 2.40. The lowest BCUT2D eigenvalue weighted by atomic mass is 9.73. The third kappa shape index (κ3) is 1.52. The minimum Gasteiger partial charge on any atom is -0.306 e. The Balaban J connectivity index is 1.94. The van der Waals surface area contributed by atoms with Crippen molar-refractivity contribution in [1.82, 2.24) is 4.90 Å². The average Bonchev–Trinajstić information content (AvgIpc) is 2.51. The van der Waals surface area contributed by atoms with E-state index < -0.39 is 0 Å². The normalized spacial score (nSPS) is 27.6. The minimum absolute atomic E-state index is 0.495. The van der Waals surface area contributed by atoms with Gasteiger partial charge in [0.2, 0.25) is 0 Å². The maximum absolute atomic E-state index is 3.24. The van der Waals surface area contributed by atoms with Gasteiger partial charge < -0.3 is 4.90 Å². The van der Waals surface area contributed by atoms with E-state index in [1.165, 1.54) is 44.3 Å². The zero-order chi connectivity index (χ0) is 11.0. The summed E-state index contributed by atoms with van der Waals surface area (Å²) in [5, 5.41) is 0. The smallest absolute Gasteiger partial charge is 0.00133 e.